The topological polar surface area (TPSA) is 26.3 Å². The van der Waals surface area contributed by atoms with E-state index in [1.165, 1.54) is 12.3 Å². The monoisotopic (exact) mass is 234 g/mol. The number of carbonyl (C=O) groups is 1. The Balaban J connectivity index is 3.00. The maximum atomic E-state index is 11.4. The van der Waals surface area contributed by atoms with Gasteiger partial charge in [-0.25, -0.2) is 4.79 Å². The van der Waals surface area contributed by atoms with E-state index >= 15 is 0 Å². The van der Waals surface area contributed by atoms with Gasteiger partial charge in [0.05, 0.1) is 7.11 Å². The molecule has 2 nitrogen and oxygen atoms in total. The van der Waals surface area contributed by atoms with Gasteiger partial charge >= 0.3 is 5.97 Å². The van der Waals surface area contributed by atoms with Crippen LogP contribution < -0.4 is 5.19 Å². The summed E-state index contributed by atoms with van der Waals surface area (Å²) in [5, 5.41) is 1.32. The number of ether oxygens (including phenoxy) is 1. The van der Waals surface area contributed by atoms with E-state index in [9.17, 15) is 4.79 Å². The van der Waals surface area contributed by atoms with Crippen molar-refractivity contribution in [2.45, 2.75) is 20.0 Å². The van der Waals surface area contributed by atoms with Gasteiger partial charge in [0.2, 0.25) is 0 Å². The van der Waals surface area contributed by atoms with Crippen LogP contribution in [0.2, 0.25) is 13.1 Å². The Kier molecular flexibility index (Phi) is 4.07. The van der Waals surface area contributed by atoms with Crippen molar-refractivity contribution in [2.24, 2.45) is 0 Å². The molecule has 1 aromatic carbocycles. The maximum Gasteiger partial charge on any atom is 0.332 e. The zero-order valence-corrected chi connectivity index (χ0v) is 11.3. The summed E-state index contributed by atoms with van der Waals surface area (Å²) in [6, 6.07) is 10.3. The largest absolute Gasteiger partial charge is 0.466 e. The predicted molar refractivity (Wildman–Crippen MR) is 69.3 cm³/mol. The Morgan fingerprint density at radius 2 is 1.81 bits per heavy atom. The average Bonchev–Trinajstić information content (AvgIpc) is 2.28. The lowest BCUT2D eigenvalue weighted by molar-refractivity contribution is -0.136. The van der Waals surface area contributed by atoms with Gasteiger partial charge in [-0.3, -0.25) is 0 Å². The highest BCUT2D eigenvalue weighted by Crippen LogP contribution is 2.09. The Hall–Kier alpha value is -1.35. The molecule has 1 aromatic rings. The molecule has 0 aromatic heterocycles. The SMILES string of the molecule is COC(=O)/C(C)=C\[Si](C)(C)c1ccccc1. The van der Waals surface area contributed by atoms with Crippen molar-refractivity contribution in [3.63, 3.8) is 0 Å². The van der Waals surface area contributed by atoms with Crippen molar-refractivity contribution < 1.29 is 9.53 Å². The zero-order valence-electron chi connectivity index (χ0n) is 10.3. The molecule has 0 bridgehead atoms. The number of hydrogen-bond acceptors (Lipinski definition) is 2. The fourth-order valence-electron chi connectivity index (χ4n) is 1.71. The molecule has 0 amide bonds. The lowest BCUT2D eigenvalue weighted by Gasteiger charge is -2.19. The lowest BCUT2D eigenvalue weighted by Crippen LogP contribution is -2.40. The maximum absolute atomic E-state index is 11.4. The predicted octanol–water partition coefficient (Wildman–Crippen LogP) is 2.26. The van der Waals surface area contributed by atoms with Crippen LogP contribution in [0.5, 0.6) is 0 Å². The molecule has 0 fully saturated rings. The third kappa shape index (κ3) is 3.07. The summed E-state index contributed by atoms with van der Waals surface area (Å²) < 4.78 is 4.71. The molecule has 0 unspecified atom stereocenters. The van der Waals surface area contributed by atoms with Crippen LogP contribution in [0.15, 0.2) is 41.6 Å². The quantitative estimate of drug-likeness (QED) is 0.455. The van der Waals surface area contributed by atoms with Crippen molar-refractivity contribution in [3.05, 3.63) is 41.6 Å². The van der Waals surface area contributed by atoms with Gasteiger partial charge in [-0.05, 0) is 6.92 Å². The third-order valence-electron chi connectivity index (χ3n) is 2.60. The summed E-state index contributed by atoms with van der Waals surface area (Å²) in [6.45, 7) is 6.24. The molecule has 0 saturated heterocycles. The van der Waals surface area contributed by atoms with Crippen LogP contribution >= 0.6 is 0 Å². The van der Waals surface area contributed by atoms with E-state index in [0.29, 0.717) is 5.57 Å². The van der Waals surface area contributed by atoms with E-state index in [0.717, 1.165) is 0 Å². The first-order valence-electron chi connectivity index (χ1n) is 5.30. The van der Waals surface area contributed by atoms with Crippen LogP contribution in [0.25, 0.3) is 0 Å². The zero-order chi connectivity index (χ0) is 12.2. The van der Waals surface area contributed by atoms with E-state index < -0.39 is 8.07 Å². The van der Waals surface area contributed by atoms with Crippen LogP contribution in [-0.2, 0) is 9.53 Å². The summed E-state index contributed by atoms with van der Waals surface area (Å²) in [4.78, 5) is 11.4. The van der Waals surface area contributed by atoms with E-state index in [1.54, 1.807) is 0 Å². The summed E-state index contributed by atoms with van der Waals surface area (Å²) in [7, 11) is -0.271. The number of hydrogen-bond donors (Lipinski definition) is 0. The fourth-order valence-corrected chi connectivity index (χ4v) is 4.13. The second-order valence-corrected chi connectivity index (χ2v) is 8.72. The number of esters is 1. The molecule has 0 aliphatic heterocycles. The molecule has 86 valence electrons. The lowest BCUT2D eigenvalue weighted by atomic mass is 10.4. The van der Waals surface area contributed by atoms with Crippen LogP contribution in [0.4, 0.5) is 0 Å². The number of benzene rings is 1. The van der Waals surface area contributed by atoms with Crippen molar-refractivity contribution >= 4 is 19.2 Å². The van der Waals surface area contributed by atoms with Crippen molar-refractivity contribution in [2.75, 3.05) is 7.11 Å². The number of rotatable bonds is 3. The van der Waals surface area contributed by atoms with Gasteiger partial charge in [-0.1, -0.05) is 54.3 Å². The van der Waals surface area contributed by atoms with Crippen molar-refractivity contribution in [1.29, 1.82) is 0 Å². The number of carbonyl (C=O) groups excluding carboxylic acids is 1. The van der Waals surface area contributed by atoms with Gasteiger partial charge in [0.15, 0.2) is 0 Å². The van der Waals surface area contributed by atoms with E-state index in [4.69, 9.17) is 4.74 Å². The van der Waals surface area contributed by atoms with Gasteiger partial charge < -0.3 is 4.74 Å². The first kappa shape index (κ1) is 12.7. The molecule has 0 saturated carbocycles. The molecule has 0 heterocycles. The Morgan fingerprint density at radius 1 is 1.25 bits per heavy atom. The average molecular weight is 234 g/mol. The summed E-state index contributed by atoms with van der Waals surface area (Å²) in [6.07, 6.45) is 0. The fraction of sp³-hybridized carbons (Fsp3) is 0.308. The molecule has 1 rings (SSSR count). The molecule has 3 heteroatoms. The van der Waals surface area contributed by atoms with Gasteiger partial charge in [0.1, 0.15) is 8.07 Å². The van der Waals surface area contributed by atoms with Gasteiger partial charge in [0.25, 0.3) is 0 Å². The van der Waals surface area contributed by atoms with Crippen molar-refractivity contribution in [3.8, 4) is 0 Å². The second kappa shape index (κ2) is 5.12. The molecular formula is C13H18O2Si. The summed E-state index contributed by atoms with van der Waals surface area (Å²) in [5.74, 6) is -0.239. The molecular weight excluding hydrogens is 216 g/mol. The van der Waals surface area contributed by atoms with Crippen LogP contribution in [0.3, 0.4) is 0 Å². The molecule has 0 atom stereocenters. The van der Waals surface area contributed by atoms with Crippen LogP contribution in [-0.4, -0.2) is 21.2 Å². The highest BCUT2D eigenvalue weighted by Gasteiger charge is 2.21. The van der Waals surface area contributed by atoms with E-state index in [-0.39, 0.29) is 5.97 Å². The minimum absolute atomic E-state index is 0.239. The highest BCUT2D eigenvalue weighted by molar-refractivity contribution is 6.94. The Labute approximate surface area is 98.0 Å². The van der Waals surface area contributed by atoms with Crippen LogP contribution in [0.1, 0.15) is 6.92 Å². The van der Waals surface area contributed by atoms with Gasteiger partial charge in [-0.15, -0.1) is 0 Å². The van der Waals surface area contributed by atoms with Gasteiger partial charge in [-0.2, -0.15) is 0 Å². The first-order chi connectivity index (χ1) is 7.47. The third-order valence-corrected chi connectivity index (χ3v) is 5.58. The Bertz CT molecular complexity index is 394. The summed E-state index contributed by atoms with van der Waals surface area (Å²) >= 11 is 0. The Morgan fingerprint density at radius 3 is 2.31 bits per heavy atom. The molecule has 0 spiro atoms. The minimum atomic E-state index is -1.68. The van der Waals surface area contributed by atoms with Crippen LogP contribution in [0, 0.1) is 0 Å². The molecule has 0 radical (unpaired) electrons. The molecule has 0 N–H and O–H groups in total. The van der Waals surface area contributed by atoms with Crippen molar-refractivity contribution in [1.82, 2.24) is 0 Å². The second-order valence-electron chi connectivity index (χ2n) is 4.41. The molecule has 0 aliphatic carbocycles. The number of methoxy groups -OCH3 is 1. The van der Waals surface area contributed by atoms with E-state index in [2.05, 4.69) is 30.9 Å². The highest BCUT2D eigenvalue weighted by atomic mass is 28.3. The summed E-state index contributed by atoms with van der Waals surface area (Å²) in [5.41, 5.74) is 2.77. The smallest absolute Gasteiger partial charge is 0.332 e. The van der Waals surface area contributed by atoms with Gasteiger partial charge in [0, 0.05) is 5.57 Å². The van der Waals surface area contributed by atoms with E-state index in [1.807, 2.05) is 25.1 Å². The molecule has 16 heavy (non-hydrogen) atoms. The normalized spacial score (nSPS) is 12.4. The standard InChI is InChI=1S/C13H18O2Si/c1-11(13(14)15-2)10-16(3,4)12-8-6-5-7-9-12/h5-10H,1-4H3/b11-10-. The molecule has 0 aliphatic rings. The minimum Gasteiger partial charge on any atom is -0.466 e. The first-order valence-corrected chi connectivity index (χ1v) is 8.38.